The minimum Gasteiger partial charge on any atom is -0.497 e. The minimum atomic E-state index is 0.890. The van der Waals surface area contributed by atoms with Crippen LogP contribution in [-0.4, -0.2) is 7.11 Å². The van der Waals surface area contributed by atoms with E-state index in [2.05, 4.69) is 25.1 Å². The van der Waals surface area contributed by atoms with Gasteiger partial charge in [-0.25, -0.2) is 0 Å². The van der Waals surface area contributed by atoms with Gasteiger partial charge in [0.2, 0.25) is 0 Å². The number of hydrogen-bond donors (Lipinski definition) is 0. The minimum absolute atomic E-state index is 0.890. The molecule has 17 heavy (non-hydrogen) atoms. The molecular formula is C16H24O. The van der Waals surface area contributed by atoms with Gasteiger partial charge >= 0.3 is 0 Å². The number of ether oxygens (including phenoxy) is 1. The van der Waals surface area contributed by atoms with Gasteiger partial charge in [-0.1, -0.05) is 44.7 Å². The first kappa shape index (κ1) is 12.5. The first-order chi connectivity index (χ1) is 8.31. The van der Waals surface area contributed by atoms with Crippen LogP contribution < -0.4 is 4.74 Å². The van der Waals surface area contributed by atoms with Crippen molar-refractivity contribution in [3.8, 4) is 5.75 Å². The highest BCUT2D eigenvalue weighted by Crippen LogP contribution is 2.33. The Morgan fingerprint density at radius 1 is 1.24 bits per heavy atom. The van der Waals surface area contributed by atoms with Gasteiger partial charge in [0.05, 0.1) is 7.11 Å². The lowest BCUT2D eigenvalue weighted by atomic mass is 9.78. The smallest absolute Gasteiger partial charge is 0.119 e. The van der Waals surface area contributed by atoms with Gasteiger partial charge in [-0.3, -0.25) is 0 Å². The topological polar surface area (TPSA) is 9.23 Å². The third kappa shape index (κ3) is 3.49. The van der Waals surface area contributed by atoms with E-state index in [-0.39, 0.29) is 0 Å². The summed E-state index contributed by atoms with van der Waals surface area (Å²) < 4.78 is 5.29. The van der Waals surface area contributed by atoms with E-state index in [1.165, 1.54) is 44.1 Å². The molecule has 1 aliphatic rings. The van der Waals surface area contributed by atoms with Gasteiger partial charge in [-0.05, 0) is 42.4 Å². The summed E-state index contributed by atoms with van der Waals surface area (Å²) in [5, 5.41) is 0. The van der Waals surface area contributed by atoms with Crippen molar-refractivity contribution in [2.24, 2.45) is 11.8 Å². The fourth-order valence-corrected chi connectivity index (χ4v) is 3.09. The molecule has 94 valence electrons. The van der Waals surface area contributed by atoms with Crippen LogP contribution >= 0.6 is 0 Å². The second-order valence-electron chi connectivity index (χ2n) is 5.36. The Hall–Kier alpha value is -0.980. The van der Waals surface area contributed by atoms with Gasteiger partial charge in [0.1, 0.15) is 5.75 Å². The van der Waals surface area contributed by atoms with Crippen LogP contribution in [0.15, 0.2) is 24.3 Å². The lowest BCUT2D eigenvalue weighted by Gasteiger charge is -2.28. The highest BCUT2D eigenvalue weighted by atomic mass is 16.5. The molecule has 2 unspecified atom stereocenters. The molecule has 0 heterocycles. The molecule has 1 nitrogen and oxygen atoms in total. The fourth-order valence-electron chi connectivity index (χ4n) is 3.09. The standard InChI is InChI=1S/C16H24O/c1-3-13-6-4-7-14(10-13)11-15-8-5-9-16(12-15)17-2/h5,8-9,12-14H,3-4,6-7,10-11H2,1-2H3. The number of hydrogen-bond acceptors (Lipinski definition) is 1. The van der Waals surface area contributed by atoms with E-state index in [1.54, 1.807) is 7.11 Å². The number of benzene rings is 1. The fraction of sp³-hybridized carbons (Fsp3) is 0.625. The highest BCUT2D eigenvalue weighted by molar-refractivity contribution is 5.28. The second kappa shape index (κ2) is 6.09. The lowest BCUT2D eigenvalue weighted by molar-refractivity contribution is 0.259. The monoisotopic (exact) mass is 232 g/mol. The third-order valence-corrected chi connectivity index (χ3v) is 4.13. The van der Waals surface area contributed by atoms with Crippen molar-refractivity contribution < 1.29 is 4.74 Å². The van der Waals surface area contributed by atoms with Gasteiger partial charge in [-0.2, -0.15) is 0 Å². The number of methoxy groups -OCH3 is 1. The first-order valence-electron chi connectivity index (χ1n) is 6.94. The van der Waals surface area contributed by atoms with E-state index >= 15 is 0 Å². The SMILES string of the molecule is CCC1CCCC(Cc2cccc(OC)c2)C1. The molecule has 1 saturated carbocycles. The predicted molar refractivity (Wildman–Crippen MR) is 72.4 cm³/mol. The van der Waals surface area contributed by atoms with Crippen LogP contribution in [-0.2, 0) is 6.42 Å². The third-order valence-electron chi connectivity index (χ3n) is 4.13. The van der Waals surface area contributed by atoms with E-state index in [4.69, 9.17) is 4.74 Å². The molecule has 1 heteroatoms. The van der Waals surface area contributed by atoms with Crippen LogP contribution in [0.2, 0.25) is 0 Å². The summed E-state index contributed by atoms with van der Waals surface area (Å²) in [5.41, 5.74) is 1.44. The van der Waals surface area contributed by atoms with Crippen molar-refractivity contribution in [2.45, 2.75) is 45.4 Å². The Balaban J connectivity index is 1.95. The van der Waals surface area contributed by atoms with Crippen LogP contribution in [0, 0.1) is 11.8 Å². The maximum Gasteiger partial charge on any atom is 0.119 e. The van der Waals surface area contributed by atoms with Crippen LogP contribution in [0.5, 0.6) is 5.75 Å². The molecule has 1 aliphatic carbocycles. The van der Waals surface area contributed by atoms with Crippen LogP contribution in [0.3, 0.4) is 0 Å². The van der Waals surface area contributed by atoms with Crippen molar-refractivity contribution >= 4 is 0 Å². The zero-order valence-corrected chi connectivity index (χ0v) is 11.1. The molecule has 0 amide bonds. The van der Waals surface area contributed by atoms with Crippen molar-refractivity contribution in [3.05, 3.63) is 29.8 Å². The van der Waals surface area contributed by atoms with Crippen LogP contribution in [0.1, 0.15) is 44.6 Å². The molecule has 0 N–H and O–H groups in total. The van der Waals surface area contributed by atoms with E-state index < -0.39 is 0 Å². The van der Waals surface area contributed by atoms with Crippen LogP contribution in [0.4, 0.5) is 0 Å². The highest BCUT2D eigenvalue weighted by Gasteiger charge is 2.20. The number of rotatable bonds is 4. The largest absolute Gasteiger partial charge is 0.497 e. The Morgan fingerprint density at radius 2 is 2.06 bits per heavy atom. The molecule has 0 aromatic heterocycles. The zero-order valence-electron chi connectivity index (χ0n) is 11.1. The van der Waals surface area contributed by atoms with Crippen molar-refractivity contribution in [3.63, 3.8) is 0 Å². The summed E-state index contributed by atoms with van der Waals surface area (Å²) in [4.78, 5) is 0. The quantitative estimate of drug-likeness (QED) is 0.745. The molecule has 2 rings (SSSR count). The molecule has 1 fully saturated rings. The summed E-state index contributed by atoms with van der Waals surface area (Å²) in [7, 11) is 1.74. The maximum atomic E-state index is 5.29. The van der Waals surface area contributed by atoms with Crippen molar-refractivity contribution in [2.75, 3.05) is 7.11 Å². The van der Waals surface area contributed by atoms with Gasteiger partial charge in [0.25, 0.3) is 0 Å². The Labute approximate surface area is 105 Å². The average molecular weight is 232 g/mol. The molecule has 1 aromatic rings. The van der Waals surface area contributed by atoms with Gasteiger partial charge in [-0.15, -0.1) is 0 Å². The summed E-state index contributed by atoms with van der Waals surface area (Å²) >= 11 is 0. The first-order valence-corrected chi connectivity index (χ1v) is 6.94. The molecule has 1 aromatic carbocycles. The molecule has 0 spiro atoms. The van der Waals surface area contributed by atoms with Gasteiger partial charge in [0, 0.05) is 0 Å². The summed E-state index contributed by atoms with van der Waals surface area (Å²) in [6, 6.07) is 8.56. The van der Waals surface area contributed by atoms with Gasteiger partial charge in [0.15, 0.2) is 0 Å². The molecular weight excluding hydrogens is 208 g/mol. The molecule has 0 bridgehead atoms. The lowest BCUT2D eigenvalue weighted by Crippen LogP contribution is -2.16. The average Bonchev–Trinajstić information content (AvgIpc) is 2.39. The van der Waals surface area contributed by atoms with Gasteiger partial charge < -0.3 is 4.74 Å². The Kier molecular flexibility index (Phi) is 4.47. The Bertz CT molecular complexity index is 345. The second-order valence-corrected chi connectivity index (χ2v) is 5.36. The van der Waals surface area contributed by atoms with E-state index in [0.717, 1.165) is 17.6 Å². The molecule has 2 atom stereocenters. The summed E-state index contributed by atoms with van der Waals surface area (Å²) in [5.74, 6) is 2.85. The summed E-state index contributed by atoms with van der Waals surface area (Å²) in [6.45, 7) is 2.33. The van der Waals surface area contributed by atoms with Crippen LogP contribution in [0.25, 0.3) is 0 Å². The van der Waals surface area contributed by atoms with Crippen molar-refractivity contribution in [1.82, 2.24) is 0 Å². The van der Waals surface area contributed by atoms with Crippen molar-refractivity contribution in [1.29, 1.82) is 0 Å². The van der Waals surface area contributed by atoms with E-state index in [1.807, 2.05) is 6.07 Å². The van der Waals surface area contributed by atoms with E-state index in [0.29, 0.717) is 0 Å². The normalized spacial score (nSPS) is 24.6. The molecule has 0 radical (unpaired) electrons. The Morgan fingerprint density at radius 3 is 2.82 bits per heavy atom. The predicted octanol–water partition coefficient (Wildman–Crippen LogP) is 4.45. The summed E-state index contributed by atoms with van der Waals surface area (Å²) in [6.07, 6.45) is 8.29. The zero-order chi connectivity index (χ0) is 12.1. The molecule has 0 aliphatic heterocycles. The van der Waals surface area contributed by atoms with E-state index in [9.17, 15) is 0 Å². The maximum absolute atomic E-state index is 5.29. The molecule has 0 saturated heterocycles.